The second-order valence-corrected chi connectivity index (χ2v) is 13.2. The largest absolute Gasteiger partial charge is 0.472 e. The Labute approximate surface area is 270 Å². The molecule has 2 atom stereocenters. The minimum Gasteiger partial charge on any atom is -0.457 e. The average Bonchev–Trinajstić information content (AvgIpc) is 3.01. The van der Waals surface area contributed by atoms with E-state index >= 15 is 0 Å². The lowest BCUT2D eigenvalue weighted by Crippen LogP contribution is -2.28. The number of rotatable bonds is 34. The molecule has 0 rings (SSSR count). The van der Waals surface area contributed by atoms with E-state index in [0.29, 0.717) is 13.0 Å². The van der Waals surface area contributed by atoms with Crippen LogP contribution in [0.2, 0.25) is 0 Å². The van der Waals surface area contributed by atoms with Crippen molar-refractivity contribution in [2.45, 2.75) is 161 Å². The summed E-state index contributed by atoms with van der Waals surface area (Å²) in [6, 6.07) is 0. The van der Waals surface area contributed by atoms with E-state index in [1.165, 1.54) is 89.9 Å². The maximum Gasteiger partial charge on any atom is 0.472 e. The van der Waals surface area contributed by atoms with Crippen molar-refractivity contribution in [2.75, 3.05) is 33.0 Å². The van der Waals surface area contributed by atoms with Crippen molar-refractivity contribution >= 4 is 13.8 Å². The second-order valence-electron chi connectivity index (χ2n) is 11.7. The van der Waals surface area contributed by atoms with Crippen LogP contribution in [0.1, 0.15) is 155 Å². The van der Waals surface area contributed by atoms with Crippen molar-refractivity contribution in [2.24, 2.45) is 5.73 Å². The van der Waals surface area contributed by atoms with E-state index in [1.54, 1.807) is 0 Å². The predicted molar refractivity (Wildman–Crippen MR) is 183 cm³/mol. The van der Waals surface area contributed by atoms with Crippen LogP contribution in [0.3, 0.4) is 0 Å². The molecule has 0 amide bonds. The number of phosphoric acid groups is 1. The fourth-order valence-corrected chi connectivity index (χ4v) is 5.45. The number of unbranched alkanes of at least 4 members (excludes halogenated alkanes) is 17. The highest BCUT2D eigenvalue weighted by molar-refractivity contribution is 7.47. The standard InChI is InChI=1S/C35H68NO7P/c1-3-5-7-9-11-13-15-17-19-21-23-25-27-30-40-32-34(33-42-44(38,39)41-31-29-36)43-35(37)28-26-24-22-20-18-16-14-12-10-8-6-4-2/h11-14,34H,3-10,15-33,36H2,1-2H3,(H,38,39)/b13-11-,14-12-. The lowest BCUT2D eigenvalue weighted by Gasteiger charge is -2.20. The molecular formula is C35H68NO7P. The molecule has 0 saturated heterocycles. The normalized spacial score (nSPS) is 14.0. The second kappa shape index (κ2) is 33.3. The average molecular weight is 646 g/mol. The maximum atomic E-state index is 12.5. The molecular weight excluding hydrogens is 577 g/mol. The minimum absolute atomic E-state index is 0.0975. The molecule has 260 valence electrons. The van der Waals surface area contributed by atoms with Crippen LogP contribution in [0.5, 0.6) is 0 Å². The Balaban J connectivity index is 4.14. The Kier molecular flexibility index (Phi) is 32.6. The molecule has 2 unspecified atom stereocenters. The molecule has 3 N–H and O–H groups in total. The molecule has 0 bridgehead atoms. The minimum atomic E-state index is -4.27. The van der Waals surface area contributed by atoms with Gasteiger partial charge in [0.25, 0.3) is 0 Å². The number of esters is 1. The topological polar surface area (TPSA) is 117 Å². The molecule has 0 spiro atoms. The number of ether oxygens (including phenoxy) is 2. The smallest absolute Gasteiger partial charge is 0.457 e. The highest BCUT2D eigenvalue weighted by atomic mass is 31.2. The van der Waals surface area contributed by atoms with E-state index < -0.39 is 13.9 Å². The van der Waals surface area contributed by atoms with Gasteiger partial charge in [0.1, 0.15) is 6.10 Å². The Morgan fingerprint density at radius 2 is 1.14 bits per heavy atom. The van der Waals surface area contributed by atoms with E-state index in [-0.39, 0.29) is 32.3 Å². The van der Waals surface area contributed by atoms with Crippen LogP contribution in [-0.2, 0) is 27.9 Å². The van der Waals surface area contributed by atoms with Gasteiger partial charge in [-0.2, -0.15) is 0 Å². The van der Waals surface area contributed by atoms with Crippen molar-refractivity contribution < 1.29 is 32.8 Å². The van der Waals surface area contributed by atoms with E-state index in [4.69, 9.17) is 24.3 Å². The van der Waals surface area contributed by atoms with Crippen molar-refractivity contribution in [3.63, 3.8) is 0 Å². The van der Waals surface area contributed by atoms with Crippen molar-refractivity contribution in [1.82, 2.24) is 0 Å². The summed E-state index contributed by atoms with van der Waals surface area (Å²) in [5.41, 5.74) is 5.34. The van der Waals surface area contributed by atoms with Gasteiger partial charge in [0.15, 0.2) is 0 Å². The highest BCUT2D eigenvalue weighted by Crippen LogP contribution is 2.43. The van der Waals surface area contributed by atoms with Crippen LogP contribution < -0.4 is 5.73 Å². The summed E-state index contributed by atoms with van der Waals surface area (Å²) in [5.74, 6) is -0.344. The zero-order valence-electron chi connectivity index (χ0n) is 28.4. The zero-order valence-corrected chi connectivity index (χ0v) is 29.3. The summed E-state index contributed by atoms with van der Waals surface area (Å²) < 4.78 is 33.2. The molecule has 44 heavy (non-hydrogen) atoms. The van der Waals surface area contributed by atoms with Gasteiger partial charge in [0.2, 0.25) is 0 Å². The number of carbonyl (C=O) groups is 1. The van der Waals surface area contributed by atoms with Crippen LogP contribution >= 0.6 is 7.82 Å². The van der Waals surface area contributed by atoms with Gasteiger partial charge in [-0.3, -0.25) is 13.8 Å². The van der Waals surface area contributed by atoms with E-state index in [1.807, 2.05) is 0 Å². The van der Waals surface area contributed by atoms with Crippen molar-refractivity contribution in [3.8, 4) is 0 Å². The monoisotopic (exact) mass is 645 g/mol. The molecule has 8 nitrogen and oxygen atoms in total. The first-order valence-electron chi connectivity index (χ1n) is 17.8. The van der Waals surface area contributed by atoms with Crippen LogP contribution in [0.25, 0.3) is 0 Å². The molecule has 0 heterocycles. The van der Waals surface area contributed by atoms with Crippen molar-refractivity contribution in [3.05, 3.63) is 24.3 Å². The number of hydrogen-bond acceptors (Lipinski definition) is 7. The SMILES string of the molecule is CCCCC/C=C\CCCCCCCCOCC(COP(=O)(O)OCCN)OC(=O)CCCCCCC/C=C\CCCCC. The first-order chi connectivity index (χ1) is 21.4. The molecule has 0 aliphatic heterocycles. The maximum absolute atomic E-state index is 12.5. The van der Waals surface area contributed by atoms with Gasteiger partial charge in [-0.05, 0) is 64.2 Å². The third kappa shape index (κ3) is 32.4. The van der Waals surface area contributed by atoms with Gasteiger partial charge in [0, 0.05) is 19.6 Å². The Morgan fingerprint density at radius 1 is 0.659 bits per heavy atom. The molecule has 0 aliphatic rings. The van der Waals surface area contributed by atoms with Crippen LogP contribution in [0.15, 0.2) is 24.3 Å². The van der Waals surface area contributed by atoms with Gasteiger partial charge in [0.05, 0.1) is 19.8 Å². The molecule has 0 saturated carbocycles. The van der Waals surface area contributed by atoms with E-state index in [2.05, 4.69) is 38.2 Å². The number of nitrogens with two attached hydrogens (primary N) is 1. The number of allylic oxidation sites excluding steroid dienone is 4. The van der Waals surface area contributed by atoms with Gasteiger partial charge in [-0.25, -0.2) is 4.57 Å². The quantitative estimate of drug-likeness (QED) is 0.0307. The summed E-state index contributed by atoms with van der Waals surface area (Å²) >= 11 is 0. The predicted octanol–water partition coefficient (Wildman–Crippen LogP) is 9.74. The third-order valence-corrected chi connectivity index (χ3v) is 8.33. The van der Waals surface area contributed by atoms with Gasteiger partial charge >= 0.3 is 13.8 Å². The number of phosphoric ester groups is 1. The highest BCUT2D eigenvalue weighted by Gasteiger charge is 2.25. The first-order valence-corrected chi connectivity index (χ1v) is 19.3. The van der Waals surface area contributed by atoms with Gasteiger partial charge < -0.3 is 20.1 Å². The summed E-state index contributed by atoms with van der Waals surface area (Å²) in [4.78, 5) is 22.3. The zero-order chi connectivity index (χ0) is 32.4. The third-order valence-electron chi connectivity index (χ3n) is 7.34. The summed E-state index contributed by atoms with van der Waals surface area (Å²) in [5, 5.41) is 0. The molecule has 0 radical (unpaired) electrons. The van der Waals surface area contributed by atoms with Crippen LogP contribution in [0, 0.1) is 0 Å². The number of hydrogen-bond donors (Lipinski definition) is 2. The fraction of sp³-hybridized carbons (Fsp3) is 0.857. The fourth-order valence-electron chi connectivity index (χ4n) is 4.69. The first kappa shape index (κ1) is 43.0. The molecule has 0 aliphatic carbocycles. The van der Waals surface area contributed by atoms with Gasteiger partial charge in [-0.15, -0.1) is 0 Å². The van der Waals surface area contributed by atoms with Crippen LogP contribution in [0.4, 0.5) is 0 Å². The molecule has 9 heteroatoms. The molecule has 0 aromatic rings. The van der Waals surface area contributed by atoms with Crippen molar-refractivity contribution in [1.29, 1.82) is 0 Å². The summed E-state index contributed by atoms with van der Waals surface area (Å²) in [6.45, 7) is 4.84. The lowest BCUT2D eigenvalue weighted by atomic mass is 10.1. The lowest BCUT2D eigenvalue weighted by molar-refractivity contribution is -0.154. The summed E-state index contributed by atoms with van der Waals surface area (Å²) in [6.07, 6.45) is 33.3. The van der Waals surface area contributed by atoms with Gasteiger partial charge in [-0.1, -0.05) is 109 Å². The Morgan fingerprint density at radius 3 is 1.66 bits per heavy atom. The van der Waals surface area contributed by atoms with E-state index in [0.717, 1.165) is 44.9 Å². The Bertz CT molecular complexity index is 732. The number of carbonyl (C=O) groups excluding carboxylic acids is 1. The Hall–Kier alpha value is -1.02. The van der Waals surface area contributed by atoms with E-state index in [9.17, 15) is 14.3 Å². The molecule has 0 aromatic heterocycles. The molecule has 0 fully saturated rings. The molecule has 0 aromatic carbocycles. The van der Waals surface area contributed by atoms with Crippen LogP contribution in [-0.4, -0.2) is 49.9 Å². The summed E-state index contributed by atoms with van der Waals surface area (Å²) in [7, 11) is -4.27.